The number of hydrogen-bond acceptors (Lipinski definition) is 2. The average molecular weight is 371 g/mol. The second kappa shape index (κ2) is 6.66. The number of amides is 1. The Kier molecular flexibility index (Phi) is 4.43. The van der Waals surface area contributed by atoms with E-state index in [1.54, 1.807) is 6.07 Å². The summed E-state index contributed by atoms with van der Waals surface area (Å²) < 4.78 is 1.00. The fourth-order valence-electron chi connectivity index (χ4n) is 2.19. The second-order valence-electron chi connectivity index (χ2n) is 5.05. The van der Waals surface area contributed by atoms with Crippen LogP contribution in [0, 0.1) is 0 Å². The Balaban J connectivity index is 1.66. The lowest BCUT2D eigenvalue weighted by Crippen LogP contribution is -2.37. The maximum Gasteiger partial charge on any atom is 0.274 e. The number of aromatic amines is 1. The van der Waals surface area contributed by atoms with Gasteiger partial charge in [0.25, 0.3) is 5.91 Å². The normalized spacial score (nSPS) is 11.6. The molecule has 3 aromatic rings. The summed E-state index contributed by atoms with van der Waals surface area (Å²) in [6.07, 6.45) is 0. The van der Waals surface area contributed by atoms with E-state index in [0.717, 1.165) is 20.9 Å². The van der Waals surface area contributed by atoms with Gasteiger partial charge in [0.2, 0.25) is 0 Å². The number of rotatable bonds is 3. The smallest absolute Gasteiger partial charge is 0.274 e. The van der Waals surface area contributed by atoms with E-state index >= 15 is 0 Å². The van der Waals surface area contributed by atoms with Gasteiger partial charge in [-0.15, -0.1) is 0 Å². The topological polar surface area (TPSA) is 83.3 Å². The monoisotopic (exact) mass is 370 g/mol. The number of nitrogens with two attached hydrogens (primary N) is 1. The molecule has 0 radical (unpaired) electrons. The van der Waals surface area contributed by atoms with Gasteiger partial charge in [0, 0.05) is 15.4 Å². The van der Waals surface area contributed by atoms with Gasteiger partial charge in [0.1, 0.15) is 5.69 Å². The van der Waals surface area contributed by atoms with Gasteiger partial charge in [-0.25, -0.2) is 4.99 Å². The first-order valence-corrected chi connectivity index (χ1v) is 7.84. The Labute approximate surface area is 141 Å². The molecular formula is C17H15BrN4O. The molecule has 0 bridgehead atoms. The molecular weight excluding hydrogens is 356 g/mol. The minimum Gasteiger partial charge on any atom is -0.370 e. The molecule has 0 aliphatic carbocycles. The summed E-state index contributed by atoms with van der Waals surface area (Å²) in [6.45, 7) is 0.409. The van der Waals surface area contributed by atoms with E-state index in [-0.39, 0.29) is 11.9 Å². The summed E-state index contributed by atoms with van der Waals surface area (Å²) in [5, 5.41) is 3.56. The Bertz CT molecular complexity index is 835. The summed E-state index contributed by atoms with van der Waals surface area (Å²) in [6, 6.07) is 17.2. The van der Waals surface area contributed by atoms with Gasteiger partial charge in [-0.1, -0.05) is 46.3 Å². The Morgan fingerprint density at radius 3 is 2.65 bits per heavy atom. The van der Waals surface area contributed by atoms with Crippen LogP contribution in [-0.4, -0.2) is 16.9 Å². The number of benzene rings is 2. The number of nitrogens with one attached hydrogen (secondary N) is 2. The number of H-pyrrole nitrogens is 1. The van der Waals surface area contributed by atoms with Gasteiger partial charge in [-0.2, -0.15) is 0 Å². The van der Waals surface area contributed by atoms with Crippen LogP contribution in [0.3, 0.4) is 0 Å². The lowest BCUT2D eigenvalue weighted by Gasteiger charge is -2.03. The summed E-state index contributed by atoms with van der Waals surface area (Å²) in [5.41, 5.74) is 8.15. The molecule has 4 N–H and O–H groups in total. The predicted octanol–water partition coefficient (Wildman–Crippen LogP) is 3.18. The largest absolute Gasteiger partial charge is 0.370 e. The first-order chi connectivity index (χ1) is 11.1. The summed E-state index contributed by atoms with van der Waals surface area (Å²) >= 11 is 3.38. The van der Waals surface area contributed by atoms with Crippen LogP contribution >= 0.6 is 15.9 Å². The van der Waals surface area contributed by atoms with Crippen LogP contribution in [0.4, 0.5) is 0 Å². The number of halogens is 1. The minimum atomic E-state index is -0.307. The zero-order chi connectivity index (χ0) is 16.2. The SMILES string of the molecule is NC(=NCc1ccc(Br)cc1)NC(=O)c1cc2ccccc2[nH]1. The van der Waals surface area contributed by atoms with Gasteiger partial charge >= 0.3 is 0 Å². The number of carbonyl (C=O) groups is 1. The molecule has 0 atom stereocenters. The van der Waals surface area contributed by atoms with Crippen LogP contribution in [0.5, 0.6) is 0 Å². The van der Waals surface area contributed by atoms with E-state index in [1.807, 2.05) is 48.5 Å². The maximum absolute atomic E-state index is 12.2. The van der Waals surface area contributed by atoms with Crippen LogP contribution in [-0.2, 0) is 6.54 Å². The van der Waals surface area contributed by atoms with Gasteiger partial charge in [0.15, 0.2) is 5.96 Å². The summed E-state index contributed by atoms with van der Waals surface area (Å²) in [4.78, 5) is 19.4. The molecule has 116 valence electrons. The molecule has 23 heavy (non-hydrogen) atoms. The first kappa shape index (κ1) is 15.3. The van der Waals surface area contributed by atoms with E-state index < -0.39 is 0 Å². The van der Waals surface area contributed by atoms with Gasteiger partial charge in [-0.05, 0) is 29.8 Å². The predicted molar refractivity (Wildman–Crippen MR) is 95.2 cm³/mol. The number of fused-ring (bicyclic) bond motifs is 1. The Morgan fingerprint density at radius 2 is 1.91 bits per heavy atom. The highest BCUT2D eigenvalue weighted by Crippen LogP contribution is 2.14. The van der Waals surface area contributed by atoms with Crippen molar-refractivity contribution in [3.63, 3.8) is 0 Å². The highest BCUT2D eigenvalue weighted by atomic mass is 79.9. The molecule has 0 aliphatic heterocycles. The first-order valence-electron chi connectivity index (χ1n) is 7.05. The lowest BCUT2D eigenvalue weighted by atomic mass is 10.2. The summed E-state index contributed by atoms with van der Waals surface area (Å²) in [7, 11) is 0. The molecule has 1 aromatic heterocycles. The quantitative estimate of drug-likeness (QED) is 0.488. The third-order valence-corrected chi connectivity index (χ3v) is 3.89. The standard InChI is InChI=1S/C17H15BrN4O/c18-13-7-5-11(6-8-13)10-20-17(19)22-16(23)15-9-12-3-1-2-4-14(12)21-15/h1-9,21H,10H2,(H3,19,20,22,23). The zero-order valence-electron chi connectivity index (χ0n) is 12.2. The van der Waals surface area contributed by atoms with Gasteiger partial charge < -0.3 is 10.7 Å². The number of aliphatic imine (C=N–C) groups is 1. The number of para-hydroxylation sites is 1. The van der Waals surface area contributed by atoms with Crippen LogP contribution in [0.15, 0.2) is 64.1 Å². The molecule has 0 spiro atoms. The summed E-state index contributed by atoms with van der Waals surface area (Å²) in [5.74, 6) is -0.213. The fraction of sp³-hybridized carbons (Fsp3) is 0.0588. The van der Waals surface area contributed by atoms with E-state index in [2.05, 4.69) is 31.2 Å². The lowest BCUT2D eigenvalue weighted by molar-refractivity contribution is 0.0972. The van der Waals surface area contributed by atoms with E-state index in [1.165, 1.54) is 0 Å². The van der Waals surface area contributed by atoms with Crippen molar-refractivity contribution < 1.29 is 4.79 Å². The van der Waals surface area contributed by atoms with Crippen molar-refractivity contribution in [2.24, 2.45) is 10.7 Å². The Morgan fingerprint density at radius 1 is 1.17 bits per heavy atom. The highest BCUT2D eigenvalue weighted by molar-refractivity contribution is 9.10. The van der Waals surface area contributed by atoms with E-state index in [9.17, 15) is 4.79 Å². The van der Waals surface area contributed by atoms with Gasteiger partial charge in [-0.3, -0.25) is 10.1 Å². The van der Waals surface area contributed by atoms with Crippen molar-refractivity contribution in [3.05, 3.63) is 70.3 Å². The molecule has 2 aromatic carbocycles. The molecule has 6 heteroatoms. The van der Waals surface area contributed by atoms with Crippen LogP contribution in [0.25, 0.3) is 10.9 Å². The maximum atomic E-state index is 12.2. The molecule has 3 rings (SSSR count). The van der Waals surface area contributed by atoms with E-state index in [4.69, 9.17) is 5.73 Å². The second-order valence-corrected chi connectivity index (χ2v) is 5.97. The third kappa shape index (κ3) is 3.78. The molecule has 5 nitrogen and oxygen atoms in total. The van der Waals surface area contributed by atoms with Crippen molar-refractivity contribution in [2.45, 2.75) is 6.54 Å². The number of hydrogen-bond donors (Lipinski definition) is 3. The van der Waals surface area contributed by atoms with Crippen LogP contribution in [0.1, 0.15) is 16.1 Å². The minimum absolute atomic E-state index is 0.0941. The molecule has 0 aliphatic rings. The van der Waals surface area contributed by atoms with Gasteiger partial charge in [0.05, 0.1) is 6.54 Å². The molecule has 0 unspecified atom stereocenters. The molecule has 0 fully saturated rings. The number of nitrogens with zero attached hydrogens (tertiary/aromatic N) is 1. The number of guanidine groups is 1. The van der Waals surface area contributed by atoms with Crippen LogP contribution < -0.4 is 11.1 Å². The highest BCUT2D eigenvalue weighted by Gasteiger charge is 2.10. The van der Waals surface area contributed by atoms with Crippen molar-refractivity contribution in [3.8, 4) is 0 Å². The molecule has 1 amide bonds. The molecule has 0 saturated heterocycles. The zero-order valence-corrected chi connectivity index (χ0v) is 13.8. The van der Waals surface area contributed by atoms with Crippen molar-refractivity contribution >= 4 is 38.7 Å². The van der Waals surface area contributed by atoms with Crippen LogP contribution in [0.2, 0.25) is 0 Å². The van der Waals surface area contributed by atoms with Crippen molar-refractivity contribution in [2.75, 3.05) is 0 Å². The van der Waals surface area contributed by atoms with E-state index in [0.29, 0.717) is 12.2 Å². The fourth-order valence-corrected chi connectivity index (χ4v) is 2.45. The molecule has 0 saturated carbocycles. The number of aromatic nitrogens is 1. The van der Waals surface area contributed by atoms with Crippen molar-refractivity contribution in [1.82, 2.24) is 10.3 Å². The Hall–Kier alpha value is -2.60. The average Bonchev–Trinajstić information content (AvgIpc) is 2.98. The number of carbonyl (C=O) groups excluding carboxylic acids is 1. The molecule has 1 heterocycles. The third-order valence-electron chi connectivity index (χ3n) is 3.36. The van der Waals surface area contributed by atoms with Crippen molar-refractivity contribution in [1.29, 1.82) is 0 Å².